The zero-order valence-corrected chi connectivity index (χ0v) is 17.8. The van der Waals surface area contributed by atoms with E-state index in [1.807, 2.05) is 0 Å². The van der Waals surface area contributed by atoms with Gasteiger partial charge in [-0.1, -0.05) is 11.6 Å². The molecule has 1 aliphatic rings. The number of halogens is 4. The standard InChI is InChI=1S/C21H11ClF3N3O4S/c22-16-7-3-12(9-15(16)21(23,24)25)26-20-27-19(29)18(33-20)10-14-6-8-17(32-14)11-1-4-13(5-2-11)28(30)31/h1-10H,(H,26,27,29)/b18-10+. The largest absolute Gasteiger partial charge is 0.457 e. The van der Waals surface area contributed by atoms with Crippen molar-refractivity contribution in [2.24, 2.45) is 4.99 Å². The Morgan fingerprint density at radius 2 is 1.85 bits per heavy atom. The van der Waals surface area contributed by atoms with E-state index in [1.165, 1.54) is 36.4 Å². The van der Waals surface area contributed by atoms with Gasteiger partial charge in [0.2, 0.25) is 0 Å². The number of carbonyl (C=O) groups excluding carboxylic acids is 1. The topological polar surface area (TPSA) is 97.7 Å². The molecule has 0 saturated carbocycles. The number of amidine groups is 1. The van der Waals surface area contributed by atoms with Gasteiger partial charge in [-0.25, -0.2) is 4.99 Å². The average molecular weight is 494 g/mol. The van der Waals surface area contributed by atoms with E-state index in [0.717, 1.165) is 23.9 Å². The van der Waals surface area contributed by atoms with Crippen molar-refractivity contribution in [1.82, 2.24) is 5.32 Å². The molecular weight excluding hydrogens is 483 g/mol. The summed E-state index contributed by atoms with van der Waals surface area (Å²) in [7, 11) is 0. The third kappa shape index (κ3) is 5.10. The fourth-order valence-corrected chi connectivity index (χ4v) is 3.91. The molecule has 1 aromatic heterocycles. The van der Waals surface area contributed by atoms with Gasteiger partial charge in [0.05, 0.1) is 26.1 Å². The van der Waals surface area contributed by atoms with Gasteiger partial charge in [0.25, 0.3) is 11.6 Å². The molecule has 12 heteroatoms. The predicted molar refractivity (Wildman–Crippen MR) is 118 cm³/mol. The van der Waals surface area contributed by atoms with Gasteiger partial charge in [-0.15, -0.1) is 0 Å². The highest BCUT2D eigenvalue weighted by Crippen LogP contribution is 2.37. The zero-order chi connectivity index (χ0) is 23.8. The summed E-state index contributed by atoms with van der Waals surface area (Å²) in [5.74, 6) is 0.292. The van der Waals surface area contributed by atoms with Crippen LogP contribution in [0.5, 0.6) is 0 Å². The highest BCUT2D eigenvalue weighted by molar-refractivity contribution is 8.18. The molecule has 0 atom stereocenters. The summed E-state index contributed by atoms with van der Waals surface area (Å²) in [4.78, 5) is 26.8. The lowest BCUT2D eigenvalue weighted by atomic mass is 10.1. The number of carbonyl (C=O) groups is 1. The summed E-state index contributed by atoms with van der Waals surface area (Å²) >= 11 is 6.55. The molecule has 4 rings (SSSR count). The van der Waals surface area contributed by atoms with E-state index in [0.29, 0.717) is 17.1 Å². The fraction of sp³-hybridized carbons (Fsp3) is 0.0476. The van der Waals surface area contributed by atoms with Crippen LogP contribution in [0.2, 0.25) is 5.02 Å². The quantitative estimate of drug-likeness (QED) is 0.257. The first-order valence-electron chi connectivity index (χ1n) is 9.11. The summed E-state index contributed by atoms with van der Waals surface area (Å²) in [6.45, 7) is 0. The highest BCUT2D eigenvalue weighted by atomic mass is 35.5. The van der Waals surface area contributed by atoms with Gasteiger partial charge >= 0.3 is 6.18 Å². The number of nitro benzene ring substituents is 1. The van der Waals surface area contributed by atoms with Crippen molar-refractivity contribution in [1.29, 1.82) is 0 Å². The van der Waals surface area contributed by atoms with Crippen molar-refractivity contribution in [3.8, 4) is 11.3 Å². The van der Waals surface area contributed by atoms with Crippen molar-refractivity contribution < 1.29 is 27.3 Å². The number of amides is 1. The van der Waals surface area contributed by atoms with Crippen molar-refractivity contribution in [3.05, 3.63) is 86.0 Å². The molecule has 1 saturated heterocycles. The van der Waals surface area contributed by atoms with E-state index in [4.69, 9.17) is 16.0 Å². The minimum Gasteiger partial charge on any atom is -0.457 e. The molecule has 1 aliphatic heterocycles. The van der Waals surface area contributed by atoms with Crippen molar-refractivity contribution in [3.63, 3.8) is 0 Å². The van der Waals surface area contributed by atoms with Crippen LogP contribution in [0.25, 0.3) is 17.4 Å². The lowest BCUT2D eigenvalue weighted by Gasteiger charge is -2.09. The number of thioether (sulfide) groups is 1. The maximum Gasteiger partial charge on any atom is 0.417 e. The molecule has 3 aromatic rings. The summed E-state index contributed by atoms with van der Waals surface area (Å²) in [5, 5.41) is 12.9. The third-order valence-electron chi connectivity index (χ3n) is 4.40. The Morgan fingerprint density at radius 1 is 1.12 bits per heavy atom. The van der Waals surface area contributed by atoms with Gasteiger partial charge < -0.3 is 9.73 Å². The number of hydrogen-bond acceptors (Lipinski definition) is 6. The van der Waals surface area contributed by atoms with Gasteiger partial charge in [-0.05, 0) is 54.2 Å². The molecule has 0 spiro atoms. The van der Waals surface area contributed by atoms with Gasteiger partial charge in [0.1, 0.15) is 11.5 Å². The maximum atomic E-state index is 13.0. The smallest absolute Gasteiger partial charge is 0.417 e. The van der Waals surface area contributed by atoms with Crippen molar-refractivity contribution >= 4 is 51.9 Å². The SMILES string of the molecule is O=C1NC(=Nc2ccc(Cl)c(C(F)(F)F)c2)S/C1=C/c1ccc(-c2ccc([N+](=O)[O-])cc2)o1. The van der Waals surface area contributed by atoms with Crippen molar-refractivity contribution in [2.75, 3.05) is 0 Å². The van der Waals surface area contributed by atoms with Gasteiger partial charge in [-0.2, -0.15) is 13.2 Å². The number of nitrogens with zero attached hydrogens (tertiary/aromatic N) is 2. The average Bonchev–Trinajstić information content (AvgIpc) is 3.35. The third-order valence-corrected chi connectivity index (χ3v) is 5.64. The number of nitrogens with one attached hydrogen (secondary N) is 1. The Labute approximate surface area is 193 Å². The monoisotopic (exact) mass is 493 g/mol. The number of furan rings is 1. The molecule has 1 amide bonds. The molecule has 2 heterocycles. The summed E-state index contributed by atoms with van der Waals surface area (Å²) in [5.41, 5.74) is -0.486. The highest BCUT2D eigenvalue weighted by Gasteiger charge is 2.33. The normalized spacial score (nSPS) is 16.4. The second-order valence-electron chi connectivity index (χ2n) is 6.65. The lowest BCUT2D eigenvalue weighted by molar-refractivity contribution is -0.384. The molecule has 7 nitrogen and oxygen atoms in total. The summed E-state index contributed by atoms with van der Waals surface area (Å²) in [6.07, 6.45) is -3.18. The molecule has 33 heavy (non-hydrogen) atoms. The molecule has 168 valence electrons. The molecule has 0 radical (unpaired) electrons. The second-order valence-corrected chi connectivity index (χ2v) is 8.09. The van der Waals surface area contributed by atoms with E-state index < -0.39 is 27.6 Å². The van der Waals surface area contributed by atoms with Gasteiger partial charge in [0, 0.05) is 23.8 Å². The van der Waals surface area contributed by atoms with Gasteiger partial charge in [-0.3, -0.25) is 14.9 Å². The Morgan fingerprint density at radius 3 is 2.52 bits per heavy atom. The first-order valence-corrected chi connectivity index (χ1v) is 10.3. The molecule has 2 aromatic carbocycles. The molecule has 1 N–H and O–H groups in total. The van der Waals surface area contributed by atoms with Crippen LogP contribution in [0.1, 0.15) is 11.3 Å². The summed E-state index contributed by atoms with van der Waals surface area (Å²) < 4.78 is 44.8. The minimum absolute atomic E-state index is 0.0192. The number of non-ortho nitro benzene ring substituents is 1. The van der Waals surface area contributed by atoms with E-state index >= 15 is 0 Å². The molecule has 0 aliphatic carbocycles. The Balaban J connectivity index is 1.53. The fourth-order valence-electron chi connectivity index (χ4n) is 2.86. The number of benzene rings is 2. The Bertz CT molecular complexity index is 1320. The van der Waals surface area contributed by atoms with Crippen LogP contribution >= 0.6 is 23.4 Å². The molecular formula is C21H11ClF3N3O4S. The van der Waals surface area contributed by atoms with Crippen LogP contribution in [-0.2, 0) is 11.0 Å². The number of nitro groups is 1. The van der Waals surface area contributed by atoms with Crippen LogP contribution in [-0.4, -0.2) is 16.0 Å². The first-order chi connectivity index (χ1) is 15.6. The maximum absolute atomic E-state index is 13.0. The van der Waals surface area contributed by atoms with Crippen LogP contribution in [0.15, 0.2) is 68.9 Å². The Hall–Kier alpha value is -3.57. The number of rotatable bonds is 4. The minimum atomic E-state index is -4.63. The lowest BCUT2D eigenvalue weighted by Crippen LogP contribution is -2.19. The summed E-state index contributed by atoms with van der Waals surface area (Å²) in [6, 6.07) is 12.2. The van der Waals surface area contributed by atoms with Crippen LogP contribution < -0.4 is 5.32 Å². The van der Waals surface area contributed by atoms with Crippen LogP contribution in [0, 0.1) is 10.1 Å². The number of hydrogen-bond donors (Lipinski definition) is 1. The molecule has 1 fully saturated rings. The molecule has 0 unspecified atom stereocenters. The predicted octanol–water partition coefficient (Wildman–Crippen LogP) is 6.42. The molecule has 0 bridgehead atoms. The number of aliphatic imine (C=N–C) groups is 1. The zero-order valence-electron chi connectivity index (χ0n) is 16.2. The van der Waals surface area contributed by atoms with E-state index in [1.54, 1.807) is 12.1 Å². The van der Waals surface area contributed by atoms with E-state index in [2.05, 4.69) is 10.3 Å². The van der Waals surface area contributed by atoms with Crippen LogP contribution in [0.4, 0.5) is 24.5 Å². The van der Waals surface area contributed by atoms with E-state index in [-0.39, 0.29) is 21.4 Å². The Kier molecular flexibility index (Phi) is 6.00. The second kappa shape index (κ2) is 8.75. The first kappa shape index (κ1) is 22.6. The van der Waals surface area contributed by atoms with Crippen molar-refractivity contribution in [2.45, 2.75) is 6.18 Å². The number of alkyl halides is 3. The van der Waals surface area contributed by atoms with Gasteiger partial charge in [0.15, 0.2) is 5.17 Å². The van der Waals surface area contributed by atoms with E-state index in [9.17, 15) is 28.1 Å². The van der Waals surface area contributed by atoms with Crippen LogP contribution in [0.3, 0.4) is 0 Å².